The fourth-order valence-electron chi connectivity index (χ4n) is 3.49. The highest BCUT2D eigenvalue weighted by Gasteiger charge is 2.30. The second-order valence-corrected chi connectivity index (χ2v) is 7.82. The highest BCUT2D eigenvalue weighted by Crippen LogP contribution is 2.36. The van der Waals surface area contributed by atoms with E-state index in [1.807, 2.05) is 31.9 Å². The quantitative estimate of drug-likeness (QED) is 0.347. The molecule has 0 bridgehead atoms. The van der Waals surface area contributed by atoms with Crippen molar-refractivity contribution in [3.05, 3.63) is 59.7 Å². The molecule has 0 atom stereocenters. The Labute approximate surface area is 182 Å². The summed E-state index contributed by atoms with van der Waals surface area (Å²) in [5, 5.41) is 1.10. The van der Waals surface area contributed by atoms with Gasteiger partial charge in [0, 0.05) is 29.5 Å². The normalized spacial score (nSPS) is 12.0. The highest BCUT2D eigenvalue weighted by atomic mass is 19.4. The van der Waals surface area contributed by atoms with Crippen LogP contribution < -0.4 is 4.90 Å². The molecule has 0 radical (unpaired) electrons. The monoisotopic (exact) mass is 442 g/mol. The summed E-state index contributed by atoms with van der Waals surface area (Å²) in [7, 11) is 3.24. The van der Waals surface area contributed by atoms with Crippen molar-refractivity contribution in [1.82, 2.24) is 4.98 Å². The molecular weight excluding hydrogens is 421 g/mol. The molecule has 166 valence electrons. The Bertz CT molecular complexity index is 1330. The molecule has 5 nitrogen and oxygen atoms in total. The van der Waals surface area contributed by atoms with Crippen LogP contribution in [0, 0.1) is 0 Å². The number of anilines is 1. The SMILES string of the molecule is COC(=O)c1ccc2nc(-c3cc4cc(C(F)(F)F)ccc4o3)cc(N(C)C(C)C)c2c1. The van der Waals surface area contributed by atoms with E-state index in [0.29, 0.717) is 33.5 Å². The standard InChI is InChI=1S/C24H21F3N2O3/c1-13(2)29(3)20-12-19(28-18-7-5-14(10-17(18)20)23(30)31-4)22-11-15-9-16(24(25,26)27)6-8-21(15)32-22/h5-13H,1-4H3. The number of nitrogens with zero attached hydrogens (tertiary/aromatic N) is 2. The van der Waals surface area contributed by atoms with Crippen molar-refractivity contribution < 1.29 is 27.1 Å². The average molecular weight is 442 g/mol. The molecule has 0 spiro atoms. The van der Waals surface area contributed by atoms with E-state index in [9.17, 15) is 18.0 Å². The maximum atomic E-state index is 13.1. The minimum absolute atomic E-state index is 0.139. The summed E-state index contributed by atoms with van der Waals surface area (Å²) < 4.78 is 49.9. The maximum absolute atomic E-state index is 13.1. The van der Waals surface area contributed by atoms with Crippen LogP contribution in [0.4, 0.5) is 18.9 Å². The first-order valence-electron chi connectivity index (χ1n) is 9.95. The number of alkyl halides is 3. The summed E-state index contributed by atoms with van der Waals surface area (Å²) in [5.41, 5.74) is 1.91. The van der Waals surface area contributed by atoms with Gasteiger partial charge >= 0.3 is 12.1 Å². The first kappa shape index (κ1) is 21.7. The van der Waals surface area contributed by atoms with Gasteiger partial charge in [-0.05, 0) is 62.4 Å². The van der Waals surface area contributed by atoms with E-state index in [1.54, 1.807) is 24.3 Å². The molecule has 0 aliphatic heterocycles. The zero-order valence-electron chi connectivity index (χ0n) is 17.9. The van der Waals surface area contributed by atoms with Crippen molar-refractivity contribution in [2.75, 3.05) is 19.1 Å². The van der Waals surface area contributed by atoms with Crippen molar-refractivity contribution in [3.8, 4) is 11.5 Å². The largest absolute Gasteiger partial charge is 0.465 e. The molecule has 0 saturated heterocycles. The van der Waals surface area contributed by atoms with Gasteiger partial charge in [-0.15, -0.1) is 0 Å². The summed E-state index contributed by atoms with van der Waals surface area (Å²) >= 11 is 0. The number of hydrogen-bond donors (Lipinski definition) is 0. The molecule has 4 aromatic rings. The highest BCUT2D eigenvalue weighted by molar-refractivity contribution is 6.00. The van der Waals surface area contributed by atoms with Crippen LogP contribution >= 0.6 is 0 Å². The molecule has 0 unspecified atom stereocenters. The van der Waals surface area contributed by atoms with E-state index in [2.05, 4.69) is 4.98 Å². The summed E-state index contributed by atoms with van der Waals surface area (Å²) in [6.45, 7) is 4.05. The fraction of sp³-hybridized carbons (Fsp3) is 0.250. The Balaban J connectivity index is 1.90. The van der Waals surface area contributed by atoms with Gasteiger partial charge in [0.05, 0.1) is 23.8 Å². The summed E-state index contributed by atoms with van der Waals surface area (Å²) in [4.78, 5) is 18.7. The smallest absolute Gasteiger partial charge is 0.416 e. The number of carbonyl (C=O) groups excluding carboxylic acids is 1. The third-order valence-electron chi connectivity index (χ3n) is 5.46. The van der Waals surface area contributed by atoms with Crippen molar-refractivity contribution >= 4 is 33.5 Å². The van der Waals surface area contributed by atoms with Crippen LogP contribution in [0.15, 0.2) is 52.9 Å². The number of methoxy groups -OCH3 is 1. The lowest BCUT2D eigenvalue weighted by Crippen LogP contribution is -2.26. The second-order valence-electron chi connectivity index (χ2n) is 7.82. The third-order valence-corrected chi connectivity index (χ3v) is 5.46. The van der Waals surface area contributed by atoms with E-state index in [0.717, 1.165) is 23.2 Å². The van der Waals surface area contributed by atoms with E-state index in [4.69, 9.17) is 9.15 Å². The van der Waals surface area contributed by atoms with Crippen LogP contribution in [0.3, 0.4) is 0 Å². The van der Waals surface area contributed by atoms with Gasteiger partial charge in [-0.3, -0.25) is 0 Å². The van der Waals surface area contributed by atoms with Gasteiger partial charge in [0.25, 0.3) is 0 Å². The zero-order chi connectivity index (χ0) is 23.2. The molecule has 8 heteroatoms. The third kappa shape index (κ3) is 3.88. The molecule has 32 heavy (non-hydrogen) atoms. The topological polar surface area (TPSA) is 55.6 Å². The predicted molar refractivity (Wildman–Crippen MR) is 117 cm³/mol. The van der Waals surface area contributed by atoms with Crippen molar-refractivity contribution in [3.63, 3.8) is 0 Å². The van der Waals surface area contributed by atoms with Gasteiger partial charge in [-0.25, -0.2) is 9.78 Å². The molecule has 0 aliphatic carbocycles. The molecule has 2 heterocycles. The Kier molecular flexibility index (Phi) is 5.32. The molecule has 0 aliphatic rings. The number of halogens is 3. The Hall–Kier alpha value is -3.55. The van der Waals surface area contributed by atoms with Crippen LogP contribution in [0.25, 0.3) is 33.3 Å². The van der Waals surface area contributed by atoms with Gasteiger partial charge in [0.15, 0.2) is 5.76 Å². The van der Waals surface area contributed by atoms with Crippen molar-refractivity contribution in [2.24, 2.45) is 0 Å². The number of rotatable bonds is 4. The molecule has 0 amide bonds. The predicted octanol–water partition coefficient (Wildman–Crippen LogP) is 6.30. The Morgan fingerprint density at radius 1 is 1.09 bits per heavy atom. The van der Waals surface area contributed by atoms with Crippen molar-refractivity contribution in [2.45, 2.75) is 26.1 Å². The number of furan rings is 1. The summed E-state index contributed by atoms with van der Waals surface area (Å²) in [6, 6.07) is 11.9. The number of benzene rings is 2. The van der Waals surface area contributed by atoms with Gasteiger partial charge in [0.2, 0.25) is 0 Å². The van der Waals surface area contributed by atoms with Gasteiger partial charge in [0.1, 0.15) is 11.3 Å². The summed E-state index contributed by atoms with van der Waals surface area (Å²) in [5.74, 6) is -0.0939. The molecular formula is C24H21F3N2O3. The molecule has 2 aromatic heterocycles. The summed E-state index contributed by atoms with van der Waals surface area (Å²) in [6.07, 6.45) is -4.43. The van der Waals surface area contributed by atoms with E-state index >= 15 is 0 Å². The fourth-order valence-corrected chi connectivity index (χ4v) is 3.49. The number of carbonyl (C=O) groups is 1. The second kappa shape index (κ2) is 7.85. The number of fused-ring (bicyclic) bond motifs is 2. The van der Waals surface area contributed by atoms with Crippen LogP contribution in [0.2, 0.25) is 0 Å². The van der Waals surface area contributed by atoms with E-state index in [1.165, 1.54) is 13.2 Å². The molecule has 0 fully saturated rings. The molecule has 2 aromatic carbocycles. The maximum Gasteiger partial charge on any atom is 0.416 e. The number of ether oxygens (including phenoxy) is 1. The van der Waals surface area contributed by atoms with Gasteiger partial charge in [-0.2, -0.15) is 13.2 Å². The lowest BCUT2D eigenvalue weighted by atomic mass is 10.1. The van der Waals surface area contributed by atoms with Crippen molar-refractivity contribution in [1.29, 1.82) is 0 Å². The average Bonchev–Trinajstić information content (AvgIpc) is 3.19. The minimum atomic E-state index is -4.43. The van der Waals surface area contributed by atoms with Crippen LogP contribution in [-0.2, 0) is 10.9 Å². The molecule has 0 saturated carbocycles. The van der Waals surface area contributed by atoms with Gasteiger partial charge in [-0.1, -0.05) is 0 Å². The molecule has 0 N–H and O–H groups in total. The first-order chi connectivity index (χ1) is 15.1. The van der Waals surface area contributed by atoms with E-state index in [-0.39, 0.29) is 6.04 Å². The van der Waals surface area contributed by atoms with E-state index < -0.39 is 17.7 Å². The Morgan fingerprint density at radius 2 is 1.84 bits per heavy atom. The number of esters is 1. The molecule has 4 rings (SSSR count). The minimum Gasteiger partial charge on any atom is -0.465 e. The number of hydrogen-bond acceptors (Lipinski definition) is 5. The Morgan fingerprint density at radius 3 is 2.50 bits per heavy atom. The number of aromatic nitrogens is 1. The number of pyridine rings is 1. The zero-order valence-corrected chi connectivity index (χ0v) is 17.9. The van der Waals surface area contributed by atoms with Crippen LogP contribution in [0.1, 0.15) is 29.8 Å². The van der Waals surface area contributed by atoms with Crippen LogP contribution in [-0.4, -0.2) is 31.2 Å². The lowest BCUT2D eigenvalue weighted by molar-refractivity contribution is -0.137. The van der Waals surface area contributed by atoms with Crippen LogP contribution in [0.5, 0.6) is 0 Å². The van der Waals surface area contributed by atoms with Gasteiger partial charge < -0.3 is 14.1 Å². The lowest BCUT2D eigenvalue weighted by Gasteiger charge is -2.25. The first-order valence-corrected chi connectivity index (χ1v) is 9.95.